The Bertz CT molecular complexity index is 278. The summed E-state index contributed by atoms with van der Waals surface area (Å²) in [6.45, 7) is 4.32. The van der Waals surface area contributed by atoms with Crippen molar-refractivity contribution < 1.29 is 5.11 Å². The van der Waals surface area contributed by atoms with Crippen molar-refractivity contribution in [1.82, 2.24) is 0 Å². The molecule has 0 saturated carbocycles. The van der Waals surface area contributed by atoms with Crippen molar-refractivity contribution in [1.29, 1.82) is 0 Å². The van der Waals surface area contributed by atoms with E-state index >= 15 is 0 Å². The van der Waals surface area contributed by atoms with Crippen molar-refractivity contribution >= 4 is 11.8 Å². The minimum absolute atomic E-state index is 0.0326. The molecule has 1 rings (SSSR count). The first kappa shape index (κ1) is 12.6. The quantitative estimate of drug-likeness (QED) is 0.807. The monoisotopic (exact) mass is 225 g/mol. The van der Waals surface area contributed by atoms with Crippen LogP contribution in [0.15, 0.2) is 30.3 Å². The molecule has 0 fully saturated rings. The van der Waals surface area contributed by atoms with E-state index in [1.165, 1.54) is 0 Å². The molecule has 0 saturated heterocycles. The molecule has 0 aliphatic carbocycles. The van der Waals surface area contributed by atoms with Gasteiger partial charge in [-0.3, -0.25) is 0 Å². The van der Waals surface area contributed by atoms with Crippen LogP contribution >= 0.6 is 11.8 Å². The van der Waals surface area contributed by atoms with Crippen LogP contribution in [0.25, 0.3) is 0 Å². The molecule has 0 aliphatic heterocycles. The summed E-state index contributed by atoms with van der Waals surface area (Å²) in [6, 6.07) is 10.1. The Morgan fingerprint density at radius 3 is 2.40 bits per heavy atom. The van der Waals surface area contributed by atoms with Crippen LogP contribution in [0.1, 0.15) is 25.5 Å². The Morgan fingerprint density at radius 1 is 1.27 bits per heavy atom. The first-order valence-corrected chi connectivity index (χ1v) is 6.16. The molecule has 0 heterocycles. The lowest BCUT2D eigenvalue weighted by Crippen LogP contribution is -2.23. The first-order chi connectivity index (χ1) is 7.15. The van der Waals surface area contributed by atoms with Crippen molar-refractivity contribution in [3.63, 3.8) is 0 Å². The van der Waals surface area contributed by atoms with Crippen LogP contribution in [-0.4, -0.2) is 22.2 Å². The van der Waals surface area contributed by atoms with Gasteiger partial charge in [0.05, 0.1) is 6.61 Å². The molecule has 0 aliphatic rings. The molecule has 0 aromatic heterocycles. The fourth-order valence-electron chi connectivity index (χ4n) is 1.44. The van der Waals surface area contributed by atoms with Gasteiger partial charge in [0.15, 0.2) is 0 Å². The molecule has 1 aromatic rings. The van der Waals surface area contributed by atoms with Gasteiger partial charge < -0.3 is 10.8 Å². The molecule has 0 spiro atoms. The molecule has 1 aromatic carbocycles. The lowest BCUT2D eigenvalue weighted by Gasteiger charge is -2.22. The summed E-state index contributed by atoms with van der Waals surface area (Å²) in [6.07, 6.45) is 0. The van der Waals surface area contributed by atoms with Crippen LogP contribution in [0.3, 0.4) is 0 Å². The van der Waals surface area contributed by atoms with Gasteiger partial charge in [-0.25, -0.2) is 0 Å². The van der Waals surface area contributed by atoms with Crippen LogP contribution in [0.4, 0.5) is 0 Å². The van der Waals surface area contributed by atoms with E-state index in [9.17, 15) is 0 Å². The molecule has 3 N–H and O–H groups in total. The van der Waals surface area contributed by atoms with Crippen LogP contribution in [0.5, 0.6) is 0 Å². The third-order valence-corrected chi connectivity index (χ3v) is 3.73. The Hall–Kier alpha value is -0.510. The number of nitrogens with two attached hydrogens (primary N) is 1. The van der Waals surface area contributed by atoms with Gasteiger partial charge in [-0.15, -0.1) is 0 Å². The van der Waals surface area contributed by atoms with Gasteiger partial charge >= 0.3 is 0 Å². The summed E-state index contributed by atoms with van der Waals surface area (Å²) >= 11 is 1.73. The lowest BCUT2D eigenvalue weighted by atomic mass is 10.1. The zero-order chi connectivity index (χ0) is 11.3. The number of benzene rings is 1. The molecule has 3 unspecified atom stereocenters. The smallest absolute Gasteiger partial charge is 0.0547 e. The van der Waals surface area contributed by atoms with E-state index in [1.807, 2.05) is 37.3 Å². The van der Waals surface area contributed by atoms with Crippen LogP contribution in [0, 0.1) is 0 Å². The van der Waals surface area contributed by atoms with Crippen molar-refractivity contribution in [3.05, 3.63) is 35.9 Å². The fraction of sp³-hybridized carbons (Fsp3) is 0.500. The lowest BCUT2D eigenvalue weighted by molar-refractivity contribution is 0.299. The predicted molar refractivity (Wildman–Crippen MR) is 67.0 cm³/mol. The highest BCUT2D eigenvalue weighted by atomic mass is 32.2. The SMILES string of the molecule is CC(CO)SC(C)C(N)c1ccccc1. The third-order valence-electron chi connectivity index (χ3n) is 2.39. The van der Waals surface area contributed by atoms with Crippen LogP contribution < -0.4 is 5.73 Å². The van der Waals surface area contributed by atoms with Gasteiger partial charge in [0, 0.05) is 16.5 Å². The maximum atomic E-state index is 8.97. The summed E-state index contributed by atoms with van der Waals surface area (Å²) in [7, 11) is 0. The first-order valence-electron chi connectivity index (χ1n) is 5.22. The number of aliphatic hydroxyl groups excluding tert-OH is 1. The Morgan fingerprint density at radius 2 is 1.87 bits per heavy atom. The number of rotatable bonds is 5. The van der Waals surface area contributed by atoms with Crippen LogP contribution in [0.2, 0.25) is 0 Å². The summed E-state index contributed by atoms with van der Waals surface area (Å²) in [5.41, 5.74) is 7.29. The maximum Gasteiger partial charge on any atom is 0.0547 e. The highest BCUT2D eigenvalue weighted by molar-refractivity contribution is 8.00. The van der Waals surface area contributed by atoms with Crippen LogP contribution in [-0.2, 0) is 0 Å². The number of thioether (sulfide) groups is 1. The average Bonchev–Trinajstić information content (AvgIpc) is 2.29. The normalized spacial score (nSPS) is 17.1. The Kier molecular flexibility index (Phi) is 5.15. The van der Waals surface area contributed by atoms with Gasteiger partial charge in [-0.1, -0.05) is 44.2 Å². The molecule has 0 bridgehead atoms. The summed E-state index contributed by atoms with van der Waals surface area (Å²) in [5.74, 6) is 0. The standard InChI is InChI=1S/C12H19NOS/c1-9(8-14)15-10(2)12(13)11-6-4-3-5-7-11/h3-7,9-10,12,14H,8,13H2,1-2H3. The van der Waals surface area contributed by atoms with Gasteiger partial charge in [-0.2, -0.15) is 11.8 Å². The van der Waals surface area contributed by atoms with Crippen molar-refractivity contribution in [3.8, 4) is 0 Å². The van der Waals surface area contributed by atoms with Gasteiger partial charge in [-0.05, 0) is 5.56 Å². The van der Waals surface area contributed by atoms with Crippen molar-refractivity contribution in [2.45, 2.75) is 30.4 Å². The molecule has 3 heteroatoms. The second-order valence-electron chi connectivity index (χ2n) is 3.77. The molecular formula is C12H19NOS. The van der Waals surface area contributed by atoms with E-state index in [4.69, 9.17) is 10.8 Å². The van der Waals surface area contributed by atoms with Crippen molar-refractivity contribution in [2.75, 3.05) is 6.61 Å². The zero-order valence-corrected chi connectivity index (χ0v) is 10.1. The van der Waals surface area contributed by atoms with E-state index in [0.29, 0.717) is 5.25 Å². The summed E-state index contributed by atoms with van der Waals surface area (Å²) in [4.78, 5) is 0. The minimum atomic E-state index is 0.0326. The number of aliphatic hydroxyl groups is 1. The summed E-state index contributed by atoms with van der Waals surface area (Å²) in [5, 5.41) is 9.53. The van der Waals surface area contributed by atoms with E-state index in [2.05, 4.69) is 6.92 Å². The molecule has 3 atom stereocenters. The van der Waals surface area contributed by atoms with E-state index in [1.54, 1.807) is 11.8 Å². The third kappa shape index (κ3) is 3.86. The highest BCUT2D eigenvalue weighted by Gasteiger charge is 2.17. The van der Waals surface area contributed by atoms with E-state index in [-0.39, 0.29) is 17.9 Å². The minimum Gasteiger partial charge on any atom is -0.395 e. The zero-order valence-electron chi connectivity index (χ0n) is 9.26. The highest BCUT2D eigenvalue weighted by Crippen LogP contribution is 2.27. The van der Waals surface area contributed by atoms with E-state index in [0.717, 1.165) is 5.56 Å². The number of hydrogen-bond acceptors (Lipinski definition) is 3. The summed E-state index contributed by atoms with van der Waals surface area (Å²) < 4.78 is 0. The van der Waals surface area contributed by atoms with Gasteiger partial charge in [0.25, 0.3) is 0 Å². The second kappa shape index (κ2) is 6.16. The molecule has 0 amide bonds. The van der Waals surface area contributed by atoms with Gasteiger partial charge in [0.2, 0.25) is 0 Å². The van der Waals surface area contributed by atoms with Gasteiger partial charge in [0.1, 0.15) is 0 Å². The molecule has 0 radical (unpaired) electrons. The molecular weight excluding hydrogens is 206 g/mol. The Labute approximate surface area is 95.9 Å². The average molecular weight is 225 g/mol. The molecule has 2 nitrogen and oxygen atoms in total. The fourth-order valence-corrected chi connectivity index (χ4v) is 2.59. The topological polar surface area (TPSA) is 46.2 Å². The van der Waals surface area contributed by atoms with Crippen molar-refractivity contribution in [2.24, 2.45) is 5.73 Å². The molecule has 84 valence electrons. The Balaban J connectivity index is 2.57. The molecule has 15 heavy (non-hydrogen) atoms. The second-order valence-corrected chi connectivity index (χ2v) is 5.59. The largest absolute Gasteiger partial charge is 0.395 e. The van der Waals surface area contributed by atoms with E-state index < -0.39 is 0 Å². The maximum absolute atomic E-state index is 8.97. The number of hydrogen-bond donors (Lipinski definition) is 2. The predicted octanol–water partition coefficient (Wildman–Crippen LogP) is 2.19.